The van der Waals surface area contributed by atoms with Crippen LogP contribution in [-0.4, -0.2) is 138 Å². The number of H-pyrrole nitrogens is 1. The Bertz CT molecular complexity index is 4110. The quantitative estimate of drug-likeness (QED) is 0.00912. The number of sulfone groups is 1. The van der Waals surface area contributed by atoms with Gasteiger partial charge >= 0.3 is 53.7 Å². The summed E-state index contributed by atoms with van der Waals surface area (Å²) in [7, 11) is -4.85. The number of oxime groups is 1. The van der Waals surface area contributed by atoms with E-state index in [0.717, 1.165) is 67.5 Å². The Morgan fingerprint density at radius 3 is 2.22 bits per heavy atom. The van der Waals surface area contributed by atoms with Crippen LogP contribution in [0.2, 0.25) is 5.02 Å². The third-order valence-electron chi connectivity index (χ3n) is 13.7. The molecule has 3 aromatic carbocycles. The van der Waals surface area contributed by atoms with Crippen LogP contribution in [0.25, 0.3) is 15.6 Å². The smallest absolute Gasteiger partial charge is 0.511 e. The maximum absolute atomic E-state index is 12.8. The number of urea groups is 1. The van der Waals surface area contributed by atoms with Gasteiger partial charge in [0.25, 0.3) is 5.56 Å². The second-order valence-corrected chi connectivity index (χ2v) is 28.3. The molecule has 0 spiro atoms. The maximum atomic E-state index is 12.8. The number of nitrogens with zero attached hydrogens (tertiary/aromatic N) is 7. The van der Waals surface area contributed by atoms with Crippen molar-refractivity contribution in [2.75, 3.05) is 44.8 Å². The molecule has 3 aromatic heterocycles. The average Bonchev–Trinajstić information content (AvgIpc) is 1.77. The number of allylic oxidation sites excluding steroid dienone is 2. The number of rotatable bonds is 25. The predicted molar refractivity (Wildman–Crippen MR) is 365 cm³/mol. The molecular weight excluding hydrogens is 1480 g/mol. The Kier molecular flexibility index (Phi) is 34.7. The molecule has 0 aliphatic heterocycles. The molecule has 7 rings (SSSR count). The van der Waals surface area contributed by atoms with E-state index in [1.165, 1.54) is 46.2 Å². The first-order chi connectivity index (χ1) is 45.1. The summed E-state index contributed by atoms with van der Waals surface area (Å²) in [6.07, 6.45) is 5.33. The van der Waals surface area contributed by atoms with Gasteiger partial charge in [0.1, 0.15) is 35.0 Å². The minimum Gasteiger partial charge on any atom is -0.511 e. The number of halogens is 5. The standard InChI is InChI=1S/C18H22ClNO3.C17H29NO3S.C14H13F3N2O4S.C14H14IN5O6S.Na/c1-3-4-5-7-13(2)23-17(21)12-22-16-10-9-15(19)14-8-6-11-20-18(14)16;1-5-8-14(18-21-6-2)17-15(19)10-13(11-16(17)20)9-12(4)22-7-3;1-7-11(13(21)19(2)18-7)12(20)9-5-4-8(14(15,16)17)6-10(9)24(3,22)23;1-7-16-12(19-14(17-7)26-3)18-13(22)20-27(23,24)10-6-8(15)4-5-9(10)11(21)25-2;/h6,8-11,13H,3-5,7,12H2,1-2H3;12-13,19H,5-11H2,1-4H3;4-6,18H,1-3H3;4-6H,1-3H3,(H2,16,17,18,19,20,22);/q;;;;+1/p-1/b;18-14-;;;. The van der Waals surface area contributed by atoms with Crippen molar-refractivity contribution in [1.29, 1.82) is 0 Å². The molecule has 0 bridgehead atoms. The van der Waals surface area contributed by atoms with E-state index in [1.54, 1.807) is 18.3 Å². The van der Waals surface area contributed by atoms with Gasteiger partial charge in [-0.05, 0) is 148 Å². The molecule has 34 heteroatoms. The number of hydrogen-bond acceptors (Lipinski definition) is 22. The molecule has 0 saturated heterocycles. The predicted octanol–water partition coefficient (Wildman–Crippen LogP) is 9.83. The van der Waals surface area contributed by atoms with Gasteiger partial charge in [0.15, 0.2) is 34.2 Å². The number of Topliss-reactive ketones (excluding diaryl/α,β-unsaturated/α-hetero) is 1. The van der Waals surface area contributed by atoms with Crippen molar-refractivity contribution in [1.82, 2.24) is 29.7 Å². The second kappa shape index (κ2) is 39.8. The number of unbranched alkanes of at least 4 members (excludes halogenated alkanes) is 2. The number of aromatic amines is 1. The summed E-state index contributed by atoms with van der Waals surface area (Å²) in [6.45, 7) is 15.6. The Hall–Kier alpha value is -6.69. The van der Waals surface area contributed by atoms with Crippen molar-refractivity contribution in [2.45, 2.75) is 140 Å². The molecule has 25 nitrogen and oxygen atoms in total. The third kappa shape index (κ3) is 25.8. The van der Waals surface area contributed by atoms with Crippen molar-refractivity contribution in [3.05, 3.63) is 136 Å². The van der Waals surface area contributed by atoms with Crippen LogP contribution in [0.1, 0.15) is 143 Å². The number of sulfonamides is 1. The van der Waals surface area contributed by atoms with Crippen LogP contribution in [0, 0.1) is 23.3 Å². The van der Waals surface area contributed by atoms with E-state index < -0.39 is 70.3 Å². The van der Waals surface area contributed by atoms with E-state index in [1.807, 2.05) is 67.3 Å². The van der Waals surface area contributed by atoms with Crippen molar-refractivity contribution in [3.63, 3.8) is 0 Å². The largest absolute Gasteiger partial charge is 1.00 e. The van der Waals surface area contributed by atoms with Gasteiger partial charge in [-0.1, -0.05) is 63.7 Å². The van der Waals surface area contributed by atoms with Gasteiger partial charge in [0.2, 0.25) is 15.8 Å². The summed E-state index contributed by atoms with van der Waals surface area (Å²) in [4.78, 5) is 92.3. The zero-order chi connectivity index (χ0) is 71.8. The summed E-state index contributed by atoms with van der Waals surface area (Å²) in [5, 5.41) is 21.0. The molecule has 0 fully saturated rings. The van der Waals surface area contributed by atoms with E-state index in [4.69, 9.17) is 30.6 Å². The van der Waals surface area contributed by atoms with Crippen LogP contribution in [0.15, 0.2) is 97.9 Å². The summed E-state index contributed by atoms with van der Waals surface area (Å²) in [6, 6.07) is 11.6. The Morgan fingerprint density at radius 2 is 1.63 bits per heavy atom. The van der Waals surface area contributed by atoms with Crippen LogP contribution in [0.4, 0.5) is 23.9 Å². The van der Waals surface area contributed by atoms with Crippen LogP contribution in [0.5, 0.6) is 11.8 Å². The summed E-state index contributed by atoms with van der Waals surface area (Å²) >= 11 is 9.90. The van der Waals surface area contributed by atoms with Gasteiger partial charge < -0.3 is 38.9 Å². The number of ketones is 2. The number of aliphatic hydroxyl groups excluding tert-OH is 1. The van der Waals surface area contributed by atoms with E-state index in [0.29, 0.717) is 80.7 Å². The van der Waals surface area contributed by atoms with Gasteiger partial charge in [-0.2, -0.15) is 34.9 Å². The number of pyridine rings is 1. The molecule has 0 saturated carbocycles. The second-order valence-electron chi connectivity index (χ2n) is 21.4. The summed E-state index contributed by atoms with van der Waals surface area (Å²) < 4.78 is 112. The summed E-state index contributed by atoms with van der Waals surface area (Å²) in [5.74, 6) is -0.145. The fraction of sp³-hybridized carbons (Fsp3) is 0.444. The minimum atomic E-state index is -4.76. The normalized spacial score (nSPS) is 13.8. The van der Waals surface area contributed by atoms with Crippen LogP contribution < -0.4 is 49.9 Å². The monoisotopic (exact) mass is 1550 g/mol. The molecular formula is C63H77ClF3IN9NaO16S3. The van der Waals surface area contributed by atoms with E-state index in [2.05, 4.69) is 65.7 Å². The zero-order valence-corrected chi connectivity index (χ0v) is 63.2. The minimum absolute atomic E-state index is 0. The molecule has 3 N–H and O–H groups in total. The Labute approximate surface area is 606 Å². The first-order valence-corrected chi connectivity index (χ1v) is 35.7. The molecule has 3 atom stereocenters. The number of fused-ring (bicyclic) bond motifs is 1. The SMILES string of the molecule is CCC/C(=N/OCC)C1=C(O)CC(CC(C)SCC)CC1=O.CCCCCC(C)OC(=O)COc1ccc(Cl)c2cccnc12.COC(=O)c1ccc(I)cc1S(=O)(=O)[N-]C(=O)Nc1nc(C)nc(OC)n1.Cc1[nH]n(C)c(=O)c1C(=O)c1ccc(C(F)(F)F)cc1S(C)(=O)=O.[Na+]. The van der Waals surface area contributed by atoms with Crippen molar-refractivity contribution in [3.8, 4) is 11.8 Å². The Morgan fingerprint density at radius 1 is 0.938 bits per heavy atom. The molecule has 3 unspecified atom stereocenters. The van der Waals surface area contributed by atoms with Crippen molar-refractivity contribution < 1.29 is 112 Å². The number of ether oxygens (including phenoxy) is 4. The molecule has 524 valence electrons. The molecule has 0 radical (unpaired) electrons. The molecule has 1 aliphatic carbocycles. The number of aryl methyl sites for hydroxylation is 3. The fourth-order valence-corrected chi connectivity index (χ4v) is 13.3. The van der Waals surface area contributed by atoms with Gasteiger partial charge in [-0.25, -0.2) is 31.4 Å². The number of esters is 2. The van der Waals surface area contributed by atoms with E-state index in [-0.39, 0.29) is 100 Å². The van der Waals surface area contributed by atoms with Crippen LogP contribution >= 0.6 is 46.0 Å². The number of alkyl halides is 3. The number of aliphatic hydroxyl groups is 1. The average molecular weight is 1550 g/mol. The van der Waals surface area contributed by atoms with Gasteiger partial charge in [-0.3, -0.25) is 33.9 Å². The number of carbonyl (C=O) groups excluding carboxylic acids is 5. The number of thioether (sulfide) groups is 1. The van der Waals surface area contributed by atoms with Gasteiger partial charge in [0.05, 0.1) is 57.5 Å². The van der Waals surface area contributed by atoms with E-state index in [9.17, 15) is 63.9 Å². The number of benzene rings is 3. The first kappa shape index (κ1) is 84.5. The molecule has 3 heterocycles. The number of nitrogens with one attached hydrogen (secondary N) is 2. The first-order valence-electron chi connectivity index (χ1n) is 29.9. The number of anilines is 1. The van der Waals surface area contributed by atoms with Crippen molar-refractivity contribution in [2.24, 2.45) is 18.1 Å². The third-order valence-corrected chi connectivity index (χ3v) is 18.2. The van der Waals surface area contributed by atoms with Crippen LogP contribution in [-0.2, 0) is 57.0 Å². The fourth-order valence-electron chi connectivity index (χ4n) is 9.40. The van der Waals surface area contributed by atoms with E-state index >= 15 is 0 Å². The number of methoxy groups -OCH3 is 2. The molecule has 97 heavy (non-hydrogen) atoms. The number of hydrogen-bond donors (Lipinski definition) is 3. The van der Waals surface area contributed by atoms with Gasteiger partial charge in [-0.15, -0.1) is 0 Å². The number of carbonyl (C=O) groups is 5. The molecule has 1 aliphatic rings. The number of aromatic nitrogens is 6. The zero-order valence-electron chi connectivity index (χ0n) is 55.9. The van der Waals surface area contributed by atoms with Crippen molar-refractivity contribution >= 4 is 118 Å². The molecule has 2 amide bonds. The topological polar surface area (TPSA) is 348 Å². The molecule has 6 aromatic rings. The summed E-state index contributed by atoms with van der Waals surface area (Å²) in [5.41, 5.74) is -1.10. The number of amides is 2. The van der Waals surface area contributed by atoms with Crippen LogP contribution in [0.3, 0.4) is 0 Å². The maximum Gasteiger partial charge on any atom is 1.00 e. The van der Waals surface area contributed by atoms with Gasteiger partial charge in [0, 0.05) is 57.8 Å². The Balaban J connectivity index is 0.000000337.